The lowest BCUT2D eigenvalue weighted by molar-refractivity contribution is -0.140. The highest BCUT2D eigenvalue weighted by Crippen LogP contribution is 2.41. The minimum absolute atomic E-state index is 0.0423. The Morgan fingerprint density at radius 1 is 1.06 bits per heavy atom. The Morgan fingerprint density at radius 3 is 2.52 bits per heavy atom. The van der Waals surface area contributed by atoms with E-state index in [1.54, 1.807) is 36.4 Å². The number of nitrogens with zero attached hydrogens (tertiary/aromatic N) is 1. The predicted molar refractivity (Wildman–Crippen MR) is 126 cm³/mol. The van der Waals surface area contributed by atoms with E-state index in [1.807, 2.05) is 19.9 Å². The average Bonchev–Trinajstić information content (AvgIpc) is 3.07. The Kier molecular flexibility index (Phi) is 8.36. The summed E-state index contributed by atoms with van der Waals surface area (Å²) in [5.74, 6) is -0.752. The van der Waals surface area contributed by atoms with Crippen LogP contribution in [0.4, 0.5) is 0 Å². The van der Waals surface area contributed by atoms with Crippen LogP contribution in [0.15, 0.2) is 48.0 Å². The van der Waals surface area contributed by atoms with Gasteiger partial charge in [-0.05, 0) is 49.2 Å². The lowest BCUT2D eigenvalue weighted by atomic mass is 9.95. The lowest BCUT2D eigenvalue weighted by Crippen LogP contribution is -2.32. The average molecular weight is 474 g/mol. The highest BCUT2D eigenvalue weighted by atomic mass is 35.5. The highest BCUT2D eigenvalue weighted by Gasteiger charge is 2.46. The zero-order chi connectivity index (χ0) is 24.0. The molecule has 2 aromatic rings. The number of carbonyl (C=O) groups is 2. The highest BCUT2D eigenvalue weighted by molar-refractivity contribution is 6.47. The molecule has 7 nitrogen and oxygen atoms in total. The quantitative estimate of drug-likeness (QED) is 0.308. The van der Waals surface area contributed by atoms with Crippen LogP contribution in [0.3, 0.4) is 0 Å². The largest absolute Gasteiger partial charge is 0.507 e. The van der Waals surface area contributed by atoms with Crippen molar-refractivity contribution in [2.45, 2.75) is 26.3 Å². The molecule has 1 N–H and O–H groups in total. The van der Waals surface area contributed by atoms with Crippen LogP contribution in [0, 0.1) is 0 Å². The minimum atomic E-state index is -0.822. The van der Waals surface area contributed by atoms with Gasteiger partial charge in [-0.15, -0.1) is 0 Å². The Hall–Kier alpha value is -3.03. The van der Waals surface area contributed by atoms with E-state index >= 15 is 0 Å². The third-order valence-electron chi connectivity index (χ3n) is 5.23. The predicted octanol–water partition coefficient (Wildman–Crippen LogP) is 4.60. The summed E-state index contributed by atoms with van der Waals surface area (Å²) in [7, 11) is 1.52. The molecule has 3 rings (SSSR count). The van der Waals surface area contributed by atoms with Gasteiger partial charge in [0.2, 0.25) is 0 Å². The van der Waals surface area contributed by atoms with E-state index in [4.69, 9.17) is 25.8 Å². The second kappa shape index (κ2) is 11.2. The van der Waals surface area contributed by atoms with Gasteiger partial charge in [-0.1, -0.05) is 30.7 Å². The van der Waals surface area contributed by atoms with Gasteiger partial charge in [0.25, 0.3) is 11.7 Å². The first-order valence-corrected chi connectivity index (χ1v) is 11.2. The number of benzene rings is 2. The van der Waals surface area contributed by atoms with E-state index in [9.17, 15) is 14.7 Å². The maximum atomic E-state index is 13.1. The smallest absolute Gasteiger partial charge is 0.295 e. The van der Waals surface area contributed by atoms with Crippen molar-refractivity contribution in [1.82, 2.24) is 4.90 Å². The topological polar surface area (TPSA) is 85.3 Å². The van der Waals surface area contributed by atoms with Crippen LogP contribution in [0.1, 0.15) is 37.4 Å². The normalized spacial score (nSPS) is 17.5. The molecule has 1 saturated heterocycles. The van der Waals surface area contributed by atoms with E-state index in [0.717, 1.165) is 6.42 Å². The number of Topliss-reactive ketones (excluding diaryl/α,β-unsaturated/α-hetero) is 1. The molecule has 0 saturated carbocycles. The molecule has 8 heteroatoms. The van der Waals surface area contributed by atoms with Gasteiger partial charge in [-0.3, -0.25) is 9.59 Å². The number of ether oxygens (including phenoxy) is 3. The van der Waals surface area contributed by atoms with Gasteiger partial charge in [0, 0.05) is 19.2 Å². The van der Waals surface area contributed by atoms with E-state index in [2.05, 4.69) is 0 Å². The minimum Gasteiger partial charge on any atom is -0.507 e. The molecule has 0 radical (unpaired) electrons. The standard InChI is InChI=1S/C25H28ClNO6/c1-4-12-33-17-8-6-7-16(14-17)22-21(24(29)25(30)27(22)11-13-31-3)23(28)19-15-18(32-5-2)9-10-20(19)26/h6-10,14-15,22,28H,4-5,11-13H2,1-3H3/b23-21+. The molecule has 1 atom stereocenters. The fourth-order valence-corrected chi connectivity index (χ4v) is 3.94. The molecule has 1 fully saturated rings. The molecular formula is C25H28ClNO6. The first-order valence-electron chi connectivity index (χ1n) is 10.9. The number of aliphatic hydroxyl groups excluding tert-OH is 1. The van der Waals surface area contributed by atoms with Crippen molar-refractivity contribution in [3.05, 3.63) is 64.2 Å². The van der Waals surface area contributed by atoms with Crippen LogP contribution in [-0.4, -0.2) is 55.2 Å². The first kappa shape index (κ1) is 24.6. The summed E-state index contributed by atoms with van der Waals surface area (Å²) < 4.78 is 16.4. The van der Waals surface area contributed by atoms with Gasteiger partial charge in [-0.2, -0.15) is 0 Å². The van der Waals surface area contributed by atoms with Crippen molar-refractivity contribution >= 4 is 29.1 Å². The van der Waals surface area contributed by atoms with Crippen LogP contribution in [0.2, 0.25) is 5.02 Å². The van der Waals surface area contributed by atoms with Crippen LogP contribution in [-0.2, 0) is 14.3 Å². The fraction of sp³-hybridized carbons (Fsp3) is 0.360. The van der Waals surface area contributed by atoms with Gasteiger partial charge < -0.3 is 24.2 Å². The maximum Gasteiger partial charge on any atom is 0.295 e. The van der Waals surface area contributed by atoms with Crippen LogP contribution in [0.5, 0.6) is 11.5 Å². The number of hydrogen-bond donors (Lipinski definition) is 1. The van der Waals surface area contributed by atoms with Crippen LogP contribution in [0.25, 0.3) is 5.76 Å². The van der Waals surface area contributed by atoms with E-state index in [1.165, 1.54) is 12.0 Å². The number of methoxy groups -OCH3 is 1. The molecule has 0 spiro atoms. The van der Waals surface area contributed by atoms with E-state index < -0.39 is 17.7 Å². The van der Waals surface area contributed by atoms with E-state index in [-0.39, 0.29) is 35.1 Å². The monoisotopic (exact) mass is 473 g/mol. The molecular weight excluding hydrogens is 446 g/mol. The van der Waals surface area contributed by atoms with E-state index in [0.29, 0.717) is 30.3 Å². The summed E-state index contributed by atoms with van der Waals surface area (Å²) in [5.41, 5.74) is 0.813. The third kappa shape index (κ3) is 5.31. The van der Waals surface area contributed by atoms with Crippen molar-refractivity contribution in [3.63, 3.8) is 0 Å². The fourth-order valence-electron chi connectivity index (χ4n) is 3.73. The summed E-state index contributed by atoms with van der Waals surface area (Å²) in [6.07, 6.45) is 0.838. The SMILES string of the molecule is CCCOc1cccc(C2/C(=C(\O)c3cc(OCC)ccc3Cl)C(=O)C(=O)N2CCOC)c1. The number of ketones is 1. The summed E-state index contributed by atoms with van der Waals surface area (Å²) >= 11 is 6.35. The number of carbonyl (C=O) groups excluding carboxylic acids is 2. The number of hydrogen-bond acceptors (Lipinski definition) is 6. The van der Waals surface area contributed by atoms with Gasteiger partial charge >= 0.3 is 0 Å². The summed E-state index contributed by atoms with van der Waals surface area (Å²) in [5, 5.41) is 11.5. The van der Waals surface area contributed by atoms with Gasteiger partial charge in [0.15, 0.2) is 0 Å². The number of likely N-dealkylation sites (tertiary alicyclic amines) is 1. The van der Waals surface area contributed by atoms with Gasteiger partial charge in [-0.25, -0.2) is 0 Å². The zero-order valence-electron chi connectivity index (χ0n) is 19.0. The molecule has 176 valence electrons. The van der Waals surface area contributed by atoms with Crippen molar-refractivity contribution in [1.29, 1.82) is 0 Å². The third-order valence-corrected chi connectivity index (χ3v) is 5.56. The molecule has 0 aromatic heterocycles. The molecule has 1 aliphatic heterocycles. The molecule has 1 amide bonds. The molecule has 33 heavy (non-hydrogen) atoms. The van der Waals surface area contributed by atoms with Crippen molar-refractivity contribution in [2.24, 2.45) is 0 Å². The molecule has 1 aliphatic rings. The summed E-state index contributed by atoms with van der Waals surface area (Å²) in [6, 6.07) is 11.2. The molecule has 2 aromatic carbocycles. The van der Waals surface area contributed by atoms with Crippen molar-refractivity contribution in [3.8, 4) is 11.5 Å². The molecule has 1 heterocycles. The number of rotatable bonds is 10. The summed E-state index contributed by atoms with van der Waals surface area (Å²) in [6.45, 7) is 5.21. The van der Waals surface area contributed by atoms with Gasteiger partial charge in [0.05, 0.1) is 36.5 Å². The van der Waals surface area contributed by atoms with Crippen molar-refractivity contribution in [2.75, 3.05) is 33.5 Å². The molecule has 0 aliphatic carbocycles. The Balaban J connectivity index is 2.16. The molecule has 1 unspecified atom stereocenters. The molecule has 0 bridgehead atoms. The maximum absolute atomic E-state index is 13.1. The summed E-state index contributed by atoms with van der Waals surface area (Å²) in [4.78, 5) is 27.4. The lowest BCUT2D eigenvalue weighted by Gasteiger charge is -2.25. The first-order chi connectivity index (χ1) is 15.9. The number of aliphatic hydroxyl groups is 1. The van der Waals surface area contributed by atoms with Crippen molar-refractivity contribution < 1.29 is 28.9 Å². The zero-order valence-corrected chi connectivity index (χ0v) is 19.7. The number of amides is 1. The Bertz CT molecular complexity index is 1050. The van der Waals surface area contributed by atoms with Crippen LogP contribution < -0.4 is 9.47 Å². The second-order valence-electron chi connectivity index (χ2n) is 7.48. The Morgan fingerprint density at radius 2 is 1.82 bits per heavy atom. The number of halogens is 1. The van der Waals surface area contributed by atoms with Gasteiger partial charge in [0.1, 0.15) is 17.3 Å². The van der Waals surface area contributed by atoms with Crippen LogP contribution >= 0.6 is 11.6 Å². The second-order valence-corrected chi connectivity index (χ2v) is 7.89. The Labute approximate surface area is 198 Å².